The molecule has 0 amide bonds. The van der Waals surface area contributed by atoms with Crippen molar-refractivity contribution in [3.8, 4) is 0 Å². The van der Waals surface area contributed by atoms with Crippen LogP contribution in [0, 0.1) is 0 Å². The lowest BCUT2D eigenvalue weighted by Gasteiger charge is -2.27. The van der Waals surface area contributed by atoms with Crippen LogP contribution in [0.25, 0.3) is 0 Å². The first kappa shape index (κ1) is 13.8. The predicted molar refractivity (Wildman–Crippen MR) is 75.8 cm³/mol. The summed E-state index contributed by atoms with van der Waals surface area (Å²) in [6.07, 6.45) is 3.43. The lowest BCUT2D eigenvalue weighted by molar-refractivity contribution is 0.587. The molecule has 0 saturated carbocycles. The molecule has 17 heavy (non-hydrogen) atoms. The van der Waals surface area contributed by atoms with Gasteiger partial charge in [-0.1, -0.05) is 26.8 Å². The summed E-state index contributed by atoms with van der Waals surface area (Å²) in [4.78, 5) is 6.92. The molecule has 3 nitrogen and oxygen atoms in total. The van der Waals surface area contributed by atoms with E-state index in [2.05, 4.69) is 55.2 Å². The van der Waals surface area contributed by atoms with Gasteiger partial charge in [0.15, 0.2) is 0 Å². The van der Waals surface area contributed by atoms with Gasteiger partial charge in [0.2, 0.25) is 0 Å². The maximum absolute atomic E-state index is 4.64. The van der Waals surface area contributed by atoms with E-state index in [4.69, 9.17) is 0 Å². The summed E-state index contributed by atoms with van der Waals surface area (Å²) in [5.41, 5.74) is 0. The molecule has 0 aliphatic heterocycles. The Hall–Kier alpha value is -1.25. The summed E-state index contributed by atoms with van der Waals surface area (Å²) in [6, 6.07) is 6.75. The number of aromatic nitrogens is 1. The molecule has 0 saturated heterocycles. The van der Waals surface area contributed by atoms with Gasteiger partial charge in [0.05, 0.1) is 0 Å². The molecule has 96 valence electrons. The number of rotatable bonds is 7. The SMILES string of the molecule is CCCNc1cccc(N(C)C(CC)CC)n1. The van der Waals surface area contributed by atoms with Crippen molar-refractivity contribution in [1.29, 1.82) is 0 Å². The highest BCUT2D eigenvalue weighted by molar-refractivity contribution is 5.47. The van der Waals surface area contributed by atoms with E-state index in [9.17, 15) is 0 Å². The molecule has 0 atom stereocenters. The molecular weight excluding hydrogens is 210 g/mol. The summed E-state index contributed by atoms with van der Waals surface area (Å²) >= 11 is 0. The average molecular weight is 235 g/mol. The maximum Gasteiger partial charge on any atom is 0.130 e. The van der Waals surface area contributed by atoms with Crippen LogP contribution in [0.5, 0.6) is 0 Å². The summed E-state index contributed by atoms with van der Waals surface area (Å²) in [6.45, 7) is 7.59. The predicted octanol–water partition coefficient (Wildman–Crippen LogP) is 3.53. The number of nitrogens with one attached hydrogen (secondary N) is 1. The number of pyridine rings is 1. The van der Waals surface area contributed by atoms with Crippen LogP contribution in [-0.2, 0) is 0 Å². The second-order valence-electron chi connectivity index (χ2n) is 4.39. The summed E-state index contributed by atoms with van der Waals surface area (Å²) in [5.74, 6) is 2.03. The van der Waals surface area contributed by atoms with Crippen molar-refractivity contribution in [3.05, 3.63) is 18.2 Å². The van der Waals surface area contributed by atoms with Crippen LogP contribution in [0.15, 0.2) is 18.2 Å². The Labute approximate surface area is 105 Å². The first-order valence-corrected chi connectivity index (χ1v) is 6.66. The molecule has 0 aromatic carbocycles. The fourth-order valence-corrected chi connectivity index (χ4v) is 1.99. The molecule has 1 N–H and O–H groups in total. The number of hydrogen-bond donors (Lipinski definition) is 1. The fourth-order valence-electron chi connectivity index (χ4n) is 1.99. The Morgan fingerprint density at radius 1 is 1.24 bits per heavy atom. The second-order valence-corrected chi connectivity index (χ2v) is 4.39. The van der Waals surface area contributed by atoms with Gasteiger partial charge in [-0.05, 0) is 31.4 Å². The first-order chi connectivity index (χ1) is 8.22. The second kappa shape index (κ2) is 7.15. The van der Waals surface area contributed by atoms with E-state index < -0.39 is 0 Å². The summed E-state index contributed by atoms with van der Waals surface area (Å²) in [5, 5.41) is 3.33. The molecule has 0 unspecified atom stereocenters. The minimum atomic E-state index is 0.573. The van der Waals surface area contributed by atoms with Crippen molar-refractivity contribution < 1.29 is 0 Å². The van der Waals surface area contributed by atoms with Crippen LogP contribution in [-0.4, -0.2) is 24.6 Å². The van der Waals surface area contributed by atoms with E-state index in [0.29, 0.717) is 6.04 Å². The Balaban J connectivity index is 2.75. The number of anilines is 2. The Bertz CT molecular complexity index is 321. The van der Waals surface area contributed by atoms with Crippen molar-refractivity contribution in [3.63, 3.8) is 0 Å². The molecule has 0 fully saturated rings. The van der Waals surface area contributed by atoms with Gasteiger partial charge in [-0.15, -0.1) is 0 Å². The summed E-state index contributed by atoms with van der Waals surface area (Å²) in [7, 11) is 2.13. The van der Waals surface area contributed by atoms with Gasteiger partial charge in [0.1, 0.15) is 11.6 Å². The van der Waals surface area contributed by atoms with Crippen molar-refractivity contribution in [1.82, 2.24) is 4.98 Å². The first-order valence-electron chi connectivity index (χ1n) is 6.66. The molecule has 1 aromatic heterocycles. The number of nitrogens with zero attached hydrogens (tertiary/aromatic N) is 2. The molecule has 1 heterocycles. The highest BCUT2D eigenvalue weighted by Gasteiger charge is 2.12. The molecule has 1 aromatic rings. The van der Waals surface area contributed by atoms with Crippen molar-refractivity contribution in [2.24, 2.45) is 0 Å². The van der Waals surface area contributed by atoms with Gasteiger partial charge < -0.3 is 10.2 Å². The van der Waals surface area contributed by atoms with Crippen LogP contribution in [0.2, 0.25) is 0 Å². The van der Waals surface area contributed by atoms with Gasteiger partial charge in [0.25, 0.3) is 0 Å². The minimum absolute atomic E-state index is 0.573. The largest absolute Gasteiger partial charge is 0.370 e. The molecule has 0 aliphatic rings. The van der Waals surface area contributed by atoms with Crippen molar-refractivity contribution in [2.45, 2.75) is 46.1 Å². The quantitative estimate of drug-likeness (QED) is 0.783. The topological polar surface area (TPSA) is 28.2 Å². The molecule has 0 aliphatic carbocycles. The van der Waals surface area contributed by atoms with Gasteiger partial charge in [-0.2, -0.15) is 0 Å². The van der Waals surface area contributed by atoms with E-state index in [-0.39, 0.29) is 0 Å². The van der Waals surface area contributed by atoms with E-state index in [1.807, 2.05) is 6.07 Å². The van der Waals surface area contributed by atoms with Gasteiger partial charge >= 0.3 is 0 Å². The highest BCUT2D eigenvalue weighted by Crippen LogP contribution is 2.18. The van der Waals surface area contributed by atoms with E-state index in [0.717, 1.165) is 37.4 Å². The molecule has 1 rings (SSSR count). The standard InChI is InChI=1S/C14H25N3/c1-5-11-15-13-9-8-10-14(16-13)17(4)12(6-2)7-3/h8-10,12H,5-7,11H2,1-4H3,(H,15,16). The zero-order valence-electron chi connectivity index (χ0n) is 11.5. The Morgan fingerprint density at radius 3 is 2.53 bits per heavy atom. The average Bonchev–Trinajstić information content (AvgIpc) is 2.38. The minimum Gasteiger partial charge on any atom is -0.370 e. The monoisotopic (exact) mass is 235 g/mol. The van der Waals surface area contributed by atoms with Crippen LogP contribution < -0.4 is 10.2 Å². The van der Waals surface area contributed by atoms with Crippen LogP contribution in [0.1, 0.15) is 40.0 Å². The fraction of sp³-hybridized carbons (Fsp3) is 0.643. The third-order valence-corrected chi connectivity index (χ3v) is 3.14. The highest BCUT2D eigenvalue weighted by atomic mass is 15.2. The third kappa shape index (κ3) is 3.91. The Kier molecular flexibility index (Phi) is 5.81. The smallest absolute Gasteiger partial charge is 0.130 e. The Morgan fingerprint density at radius 2 is 1.94 bits per heavy atom. The zero-order valence-corrected chi connectivity index (χ0v) is 11.5. The van der Waals surface area contributed by atoms with Crippen LogP contribution in [0.3, 0.4) is 0 Å². The van der Waals surface area contributed by atoms with Gasteiger partial charge in [-0.25, -0.2) is 4.98 Å². The third-order valence-electron chi connectivity index (χ3n) is 3.14. The van der Waals surface area contributed by atoms with Crippen LogP contribution >= 0.6 is 0 Å². The van der Waals surface area contributed by atoms with Crippen molar-refractivity contribution >= 4 is 11.6 Å². The molecule has 0 spiro atoms. The lowest BCUT2D eigenvalue weighted by atomic mass is 10.1. The molecular formula is C14H25N3. The van der Waals surface area contributed by atoms with Gasteiger partial charge in [-0.3, -0.25) is 0 Å². The van der Waals surface area contributed by atoms with E-state index in [1.54, 1.807) is 0 Å². The van der Waals surface area contributed by atoms with E-state index in [1.165, 1.54) is 0 Å². The van der Waals surface area contributed by atoms with Crippen LogP contribution in [0.4, 0.5) is 11.6 Å². The van der Waals surface area contributed by atoms with Crippen molar-refractivity contribution in [2.75, 3.05) is 23.8 Å². The zero-order chi connectivity index (χ0) is 12.7. The molecule has 0 radical (unpaired) electrons. The van der Waals surface area contributed by atoms with E-state index >= 15 is 0 Å². The van der Waals surface area contributed by atoms with Gasteiger partial charge in [0, 0.05) is 19.6 Å². The molecule has 0 bridgehead atoms. The maximum atomic E-state index is 4.64. The molecule has 3 heteroatoms. The normalized spacial score (nSPS) is 10.6. The summed E-state index contributed by atoms with van der Waals surface area (Å²) < 4.78 is 0. The number of hydrogen-bond acceptors (Lipinski definition) is 3. The lowest BCUT2D eigenvalue weighted by Crippen LogP contribution is -2.31.